The molecule has 20 heavy (non-hydrogen) atoms. The molecule has 1 heterocycles. The highest BCUT2D eigenvalue weighted by Gasteiger charge is 2.47. The maximum Gasteiger partial charge on any atom is 0.361 e. The third kappa shape index (κ3) is 2.10. The third-order valence-electron chi connectivity index (χ3n) is 3.38. The zero-order chi connectivity index (χ0) is 14.0. The van der Waals surface area contributed by atoms with E-state index in [-0.39, 0.29) is 0 Å². The number of hydrogen-bond donors (Lipinski definition) is 1. The summed E-state index contributed by atoms with van der Waals surface area (Å²) in [4.78, 5) is 16.9. The molecule has 2 aromatic carbocycles. The highest BCUT2D eigenvalue weighted by Crippen LogP contribution is 2.24. The van der Waals surface area contributed by atoms with Gasteiger partial charge in [-0.3, -0.25) is 0 Å². The van der Waals surface area contributed by atoms with Crippen LogP contribution < -0.4 is 5.73 Å². The largest absolute Gasteiger partial charge is 0.361 e. The van der Waals surface area contributed by atoms with Gasteiger partial charge in [-0.25, -0.2) is 4.79 Å². The summed E-state index contributed by atoms with van der Waals surface area (Å²) < 4.78 is 0. The number of nitrogens with two attached hydrogens (primary N) is 1. The molecule has 0 amide bonds. The molecule has 1 atom stereocenters. The molecule has 2 N–H and O–H groups in total. The first kappa shape index (κ1) is 12.6. The van der Waals surface area contributed by atoms with E-state index >= 15 is 0 Å². The van der Waals surface area contributed by atoms with Gasteiger partial charge in [-0.2, -0.15) is 0 Å². The van der Waals surface area contributed by atoms with Crippen molar-refractivity contribution >= 4 is 11.7 Å². The van der Waals surface area contributed by atoms with Crippen LogP contribution in [0.2, 0.25) is 0 Å². The number of hydrogen-bond acceptors (Lipinski definition) is 4. The van der Waals surface area contributed by atoms with Crippen LogP contribution >= 0.6 is 0 Å². The van der Waals surface area contributed by atoms with Crippen LogP contribution in [0.15, 0.2) is 65.8 Å². The normalized spacial score (nSPS) is 21.4. The van der Waals surface area contributed by atoms with Crippen molar-refractivity contribution in [2.45, 2.75) is 12.0 Å². The second-order valence-electron chi connectivity index (χ2n) is 4.82. The second kappa shape index (κ2) is 4.90. The number of benzene rings is 2. The van der Waals surface area contributed by atoms with Gasteiger partial charge < -0.3 is 10.6 Å². The van der Waals surface area contributed by atoms with Crippen molar-refractivity contribution in [3.63, 3.8) is 0 Å². The minimum Gasteiger partial charge on any atom is -0.315 e. The van der Waals surface area contributed by atoms with E-state index in [1.165, 1.54) is 0 Å². The summed E-state index contributed by atoms with van der Waals surface area (Å²) in [7, 11) is 0. The van der Waals surface area contributed by atoms with Crippen LogP contribution in [0.25, 0.3) is 0 Å². The Morgan fingerprint density at radius 3 is 2.25 bits per heavy atom. The van der Waals surface area contributed by atoms with Gasteiger partial charge in [0.05, 0.1) is 0 Å². The van der Waals surface area contributed by atoms with Gasteiger partial charge >= 0.3 is 5.97 Å². The number of rotatable bonds is 3. The molecule has 0 radical (unpaired) electrons. The molecule has 1 unspecified atom stereocenters. The molecule has 4 heteroatoms. The van der Waals surface area contributed by atoms with E-state index < -0.39 is 11.5 Å². The fourth-order valence-corrected chi connectivity index (χ4v) is 2.33. The van der Waals surface area contributed by atoms with Gasteiger partial charge in [-0.05, 0) is 5.56 Å². The fourth-order valence-electron chi connectivity index (χ4n) is 2.33. The molecule has 0 fully saturated rings. The van der Waals surface area contributed by atoms with Crippen molar-refractivity contribution in [3.05, 3.63) is 71.8 Å². The summed E-state index contributed by atoms with van der Waals surface area (Å²) in [5.74, 6) is -0.514. The van der Waals surface area contributed by atoms with Gasteiger partial charge in [0.15, 0.2) is 5.54 Å². The average Bonchev–Trinajstić information content (AvgIpc) is 2.77. The predicted octanol–water partition coefficient (Wildman–Crippen LogP) is 1.89. The molecule has 0 bridgehead atoms. The molecule has 3 rings (SSSR count). The summed E-state index contributed by atoms with van der Waals surface area (Å²) in [5.41, 5.74) is 7.32. The summed E-state index contributed by atoms with van der Waals surface area (Å²) in [6, 6.07) is 19.0. The Morgan fingerprint density at radius 2 is 1.60 bits per heavy atom. The number of oxime groups is 1. The average molecular weight is 266 g/mol. The lowest BCUT2D eigenvalue weighted by Crippen LogP contribution is -2.54. The Labute approximate surface area is 116 Å². The molecule has 0 aliphatic carbocycles. The molecule has 1 aliphatic heterocycles. The minimum atomic E-state index is -1.23. The topological polar surface area (TPSA) is 64.7 Å². The maximum absolute atomic E-state index is 12.0. The smallest absolute Gasteiger partial charge is 0.315 e. The van der Waals surface area contributed by atoms with Gasteiger partial charge in [0.1, 0.15) is 5.71 Å². The van der Waals surface area contributed by atoms with Crippen LogP contribution in [-0.4, -0.2) is 17.2 Å². The van der Waals surface area contributed by atoms with Gasteiger partial charge in [-0.15, -0.1) is 0 Å². The zero-order valence-electron chi connectivity index (χ0n) is 10.8. The standard InChI is InChI=1S/C16H14N2O2/c17-16(11-12-7-3-1-4-8-12)14(18-20-15(16)19)13-9-5-2-6-10-13/h1-10H,11,17H2. The monoisotopic (exact) mass is 266 g/mol. The lowest BCUT2D eigenvalue weighted by molar-refractivity contribution is -0.144. The van der Waals surface area contributed by atoms with E-state index in [1.54, 1.807) is 0 Å². The zero-order valence-corrected chi connectivity index (χ0v) is 10.8. The van der Waals surface area contributed by atoms with Crippen LogP contribution in [0.1, 0.15) is 11.1 Å². The molecule has 2 aromatic rings. The Hall–Kier alpha value is -2.46. The number of nitrogens with zero attached hydrogens (tertiary/aromatic N) is 1. The summed E-state index contributed by atoms with van der Waals surface area (Å²) in [5, 5.41) is 3.88. The summed E-state index contributed by atoms with van der Waals surface area (Å²) >= 11 is 0. The molecular weight excluding hydrogens is 252 g/mol. The van der Waals surface area contributed by atoms with Gasteiger partial charge in [0.25, 0.3) is 0 Å². The Bertz CT molecular complexity index is 653. The van der Waals surface area contributed by atoms with Crippen molar-refractivity contribution in [1.29, 1.82) is 0 Å². The Morgan fingerprint density at radius 1 is 1.00 bits per heavy atom. The highest BCUT2D eigenvalue weighted by atomic mass is 16.7. The quantitative estimate of drug-likeness (QED) is 0.863. The summed E-state index contributed by atoms with van der Waals surface area (Å²) in [6.45, 7) is 0. The highest BCUT2D eigenvalue weighted by molar-refractivity contribution is 6.21. The van der Waals surface area contributed by atoms with Crippen LogP contribution in [0.3, 0.4) is 0 Å². The van der Waals surface area contributed by atoms with E-state index in [4.69, 9.17) is 10.6 Å². The fraction of sp³-hybridized carbons (Fsp3) is 0.125. The van der Waals surface area contributed by atoms with Crippen molar-refractivity contribution < 1.29 is 9.63 Å². The first-order chi connectivity index (χ1) is 9.70. The van der Waals surface area contributed by atoms with Crippen LogP contribution in [0.5, 0.6) is 0 Å². The first-order valence-electron chi connectivity index (χ1n) is 6.38. The summed E-state index contributed by atoms with van der Waals surface area (Å²) in [6.07, 6.45) is 0.362. The number of carbonyl (C=O) groups is 1. The van der Waals surface area contributed by atoms with Crippen LogP contribution in [0.4, 0.5) is 0 Å². The maximum atomic E-state index is 12.0. The van der Waals surface area contributed by atoms with Gasteiger partial charge in [0, 0.05) is 12.0 Å². The van der Waals surface area contributed by atoms with E-state index in [0.29, 0.717) is 12.1 Å². The van der Waals surface area contributed by atoms with Crippen LogP contribution in [0, 0.1) is 0 Å². The molecule has 1 aliphatic rings. The third-order valence-corrected chi connectivity index (χ3v) is 3.38. The Balaban J connectivity index is 1.97. The molecule has 0 saturated carbocycles. The SMILES string of the molecule is NC1(Cc2ccccc2)C(=O)ON=C1c1ccccc1. The molecule has 100 valence electrons. The molecular formula is C16H14N2O2. The van der Waals surface area contributed by atoms with E-state index in [2.05, 4.69) is 5.16 Å². The van der Waals surface area contributed by atoms with Crippen molar-refractivity contribution in [2.24, 2.45) is 10.9 Å². The minimum absolute atomic E-state index is 0.362. The van der Waals surface area contributed by atoms with Crippen LogP contribution in [-0.2, 0) is 16.1 Å². The molecule has 0 saturated heterocycles. The molecule has 0 aromatic heterocycles. The van der Waals surface area contributed by atoms with Crippen molar-refractivity contribution in [2.75, 3.05) is 0 Å². The second-order valence-corrected chi connectivity index (χ2v) is 4.82. The molecule has 0 spiro atoms. The lowest BCUT2D eigenvalue weighted by Gasteiger charge is -2.21. The predicted molar refractivity (Wildman–Crippen MR) is 76.1 cm³/mol. The van der Waals surface area contributed by atoms with Crippen molar-refractivity contribution in [3.8, 4) is 0 Å². The molecule has 4 nitrogen and oxygen atoms in total. The number of carbonyl (C=O) groups excluding carboxylic acids is 1. The van der Waals surface area contributed by atoms with Gasteiger partial charge in [-0.1, -0.05) is 65.8 Å². The van der Waals surface area contributed by atoms with E-state index in [9.17, 15) is 4.79 Å². The van der Waals surface area contributed by atoms with E-state index in [1.807, 2.05) is 60.7 Å². The van der Waals surface area contributed by atoms with Gasteiger partial charge in [0.2, 0.25) is 0 Å². The van der Waals surface area contributed by atoms with E-state index in [0.717, 1.165) is 11.1 Å². The lowest BCUT2D eigenvalue weighted by atomic mass is 9.84. The Kier molecular flexibility index (Phi) is 3.08. The van der Waals surface area contributed by atoms with Crippen molar-refractivity contribution in [1.82, 2.24) is 0 Å². The first-order valence-corrected chi connectivity index (χ1v) is 6.38.